The molecule has 2 N–H and O–H groups in total. The maximum atomic E-state index is 14.9. The van der Waals surface area contributed by atoms with Gasteiger partial charge >= 0.3 is 6.03 Å². The Kier molecular flexibility index (Phi) is 5.69. The monoisotopic (exact) mass is 455 g/mol. The van der Waals surface area contributed by atoms with Crippen LogP contribution in [0.5, 0.6) is 0 Å². The molecule has 3 amide bonds. The van der Waals surface area contributed by atoms with Crippen LogP contribution in [0, 0.1) is 17.2 Å². The molecule has 0 aromatic heterocycles. The summed E-state index contributed by atoms with van der Waals surface area (Å²) in [6, 6.07) is 2.12. The van der Waals surface area contributed by atoms with Gasteiger partial charge in [-0.05, 0) is 49.7 Å². The van der Waals surface area contributed by atoms with Gasteiger partial charge in [0.1, 0.15) is 5.82 Å². The van der Waals surface area contributed by atoms with Crippen molar-refractivity contribution in [2.24, 2.45) is 11.3 Å². The van der Waals surface area contributed by atoms with E-state index in [1.165, 1.54) is 12.1 Å². The third-order valence-electron chi connectivity index (χ3n) is 7.34. The van der Waals surface area contributed by atoms with Crippen molar-refractivity contribution in [2.45, 2.75) is 63.5 Å². The fourth-order valence-electron chi connectivity index (χ4n) is 5.63. The molecule has 1 spiro atoms. The maximum absolute atomic E-state index is 14.9. The quantitative estimate of drug-likeness (QED) is 0.622. The number of carbonyl (C=O) groups excluding carboxylic acids is 2. The Morgan fingerprint density at radius 1 is 1.30 bits per heavy atom. The zero-order chi connectivity index (χ0) is 21.7. The Balaban J connectivity index is 1.58. The third-order valence-corrected chi connectivity index (χ3v) is 8.15. The zero-order valence-corrected chi connectivity index (χ0v) is 18.9. The van der Waals surface area contributed by atoms with Crippen molar-refractivity contribution in [1.82, 2.24) is 15.5 Å². The third kappa shape index (κ3) is 3.77. The number of rotatable bonds is 4. The number of amides is 3. The van der Waals surface area contributed by atoms with Crippen molar-refractivity contribution in [3.63, 3.8) is 0 Å². The lowest BCUT2D eigenvalue weighted by molar-refractivity contribution is -0.126. The number of hydrogen-bond acceptors (Lipinski definition) is 2. The Bertz CT molecular complexity index is 874. The molecule has 2 saturated carbocycles. The molecule has 1 aromatic carbocycles. The van der Waals surface area contributed by atoms with Gasteiger partial charge in [-0.2, -0.15) is 0 Å². The number of nitrogens with zero attached hydrogens (tertiary/aromatic N) is 1. The lowest BCUT2D eigenvalue weighted by atomic mass is 9.76. The van der Waals surface area contributed by atoms with Gasteiger partial charge in [-0.3, -0.25) is 4.79 Å². The molecular formula is C22H28Cl2FN3O2. The number of nitrogens with one attached hydrogen (secondary N) is 2. The van der Waals surface area contributed by atoms with E-state index in [2.05, 4.69) is 17.6 Å². The van der Waals surface area contributed by atoms with Gasteiger partial charge in [0.25, 0.3) is 0 Å². The second-order valence-electron chi connectivity index (χ2n) is 9.57. The molecule has 3 fully saturated rings. The number of hydrogen-bond donors (Lipinski definition) is 2. The van der Waals surface area contributed by atoms with Crippen LogP contribution in [-0.4, -0.2) is 36.0 Å². The highest BCUT2D eigenvalue weighted by Crippen LogP contribution is 2.50. The molecule has 1 aromatic rings. The average Bonchev–Trinajstić information content (AvgIpc) is 3.38. The van der Waals surface area contributed by atoms with Gasteiger partial charge in [-0.15, -0.1) is 0 Å². The second kappa shape index (κ2) is 7.86. The summed E-state index contributed by atoms with van der Waals surface area (Å²) in [5.41, 5.74) is -0.355. The van der Waals surface area contributed by atoms with E-state index in [1.807, 2.05) is 0 Å². The molecule has 3 aliphatic rings. The summed E-state index contributed by atoms with van der Waals surface area (Å²) in [5.74, 6) is -0.787. The Morgan fingerprint density at radius 2 is 2.00 bits per heavy atom. The van der Waals surface area contributed by atoms with Crippen molar-refractivity contribution < 1.29 is 14.0 Å². The van der Waals surface area contributed by atoms with Gasteiger partial charge < -0.3 is 15.5 Å². The fraction of sp³-hybridized carbons (Fsp3) is 0.636. The summed E-state index contributed by atoms with van der Waals surface area (Å²) in [5, 5.41) is 6.64. The first-order valence-corrected chi connectivity index (χ1v) is 11.4. The SMILES string of the molecule is CN1C[C@]2(CC[C@H](C(=O)N[C@@H](c3c(F)ccc(Cl)c3Cl)C3(C)CCCC3)C2)NC1=O. The van der Waals surface area contributed by atoms with Gasteiger partial charge in [-0.25, -0.2) is 9.18 Å². The lowest BCUT2D eigenvalue weighted by Gasteiger charge is -2.36. The van der Waals surface area contributed by atoms with Gasteiger partial charge in [-0.1, -0.05) is 43.0 Å². The van der Waals surface area contributed by atoms with Crippen molar-refractivity contribution in [3.05, 3.63) is 33.6 Å². The molecule has 30 heavy (non-hydrogen) atoms. The molecule has 5 nitrogen and oxygen atoms in total. The van der Waals surface area contributed by atoms with Crippen LogP contribution in [-0.2, 0) is 4.79 Å². The highest BCUT2D eigenvalue weighted by molar-refractivity contribution is 6.42. The van der Waals surface area contributed by atoms with Gasteiger partial charge in [0, 0.05) is 25.1 Å². The van der Waals surface area contributed by atoms with E-state index < -0.39 is 11.9 Å². The molecule has 2 aliphatic carbocycles. The van der Waals surface area contributed by atoms with Gasteiger partial charge in [0.05, 0.1) is 21.6 Å². The van der Waals surface area contributed by atoms with Crippen molar-refractivity contribution in [1.29, 1.82) is 0 Å². The molecular weight excluding hydrogens is 428 g/mol. The number of halogens is 3. The van der Waals surface area contributed by atoms with Crippen LogP contribution in [0.3, 0.4) is 0 Å². The Hall–Kier alpha value is -1.53. The summed E-state index contributed by atoms with van der Waals surface area (Å²) in [7, 11) is 1.76. The molecule has 0 bridgehead atoms. The van der Waals surface area contributed by atoms with E-state index in [0.717, 1.165) is 32.1 Å². The molecule has 1 aliphatic heterocycles. The van der Waals surface area contributed by atoms with Crippen molar-refractivity contribution >= 4 is 35.1 Å². The zero-order valence-electron chi connectivity index (χ0n) is 17.4. The van der Waals surface area contributed by atoms with Crippen LogP contribution in [0.1, 0.15) is 63.5 Å². The van der Waals surface area contributed by atoms with E-state index >= 15 is 0 Å². The maximum Gasteiger partial charge on any atom is 0.317 e. The molecule has 0 unspecified atom stereocenters. The van der Waals surface area contributed by atoms with Crippen LogP contribution in [0.2, 0.25) is 10.0 Å². The largest absolute Gasteiger partial charge is 0.348 e. The summed E-state index contributed by atoms with van der Waals surface area (Å²) in [6.07, 6.45) is 5.88. The highest BCUT2D eigenvalue weighted by atomic mass is 35.5. The Morgan fingerprint density at radius 3 is 2.63 bits per heavy atom. The summed E-state index contributed by atoms with van der Waals surface area (Å²) >= 11 is 12.6. The molecule has 164 valence electrons. The van der Waals surface area contributed by atoms with Crippen LogP contribution in [0.4, 0.5) is 9.18 Å². The summed E-state index contributed by atoms with van der Waals surface area (Å²) in [4.78, 5) is 26.9. The molecule has 1 saturated heterocycles. The average molecular weight is 456 g/mol. The first kappa shape index (κ1) is 21.7. The molecule has 0 radical (unpaired) electrons. The number of carbonyl (C=O) groups is 2. The predicted molar refractivity (Wildman–Crippen MR) is 115 cm³/mol. The van der Waals surface area contributed by atoms with E-state index in [0.29, 0.717) is 19.4 Å². The van der Waals surface area contributed by atoms with E-state index in [4.69, 9.17) is 23.2 Å². The number of urea groups is 1. The van der Waals surface area contributed by atoms with E-state index in [1.54, 1.807) is 11.9 Å². The van der Waals surface area contributed by atoms with Crippen molar-refractivity contribution in [3.8, 4) is 0 Å². The minimum Gasteiger partial charge on any atom is -0.348 e. The number of likely N-dealkylation sites (N-methyl/N-ethyl adjacent to an activating group) is 1. The predicted octanol–water partition coefficient (Wildman–Crippen LogP) is 5.06. The standard InChI is InChI=1S/C22H28Cl2FN3O2/c1-21(8-3-4-9-21)18(16-15(25)6-5-14(23)17(16)24)26-19(29)13-7-10-22(11-13)12-28(2)20(30)27-22/h5-6,13,18H,3-4,7-12H2,1-2H3,(H,26,29)(H,27,30)/t13-,18-,22+/m0/s1. The second-order valence-corrected chi connectivity index (χ2v) is 10.4. The van der Waals surface area contributed by atoms with E-state index in [9.17, 15) is 14.0 Å². The molecule has 3 atom stereocenters. The lowest BCUT2D eigenvalue weighted by Crippen LogP contribution is -2.44. The van der Waals surface area contributed by atoms with Crippen LogP contribution >= 0.6 is 23.2 Å². The molecule has 1 heterocycles. The molecule has 8 heteroatoms. The van der Waals surface area contributed by atoms with Crippen LogP contribution in [0.15, 0.2) is 12.1 Å². The van der Waals surface area contributed by atoms with Crippen LogP contribution in [0.25, 0.3) is 0 Å². The summed E-state index contributed by atoms with van der Waals surface area (Å²) < 4.78 is 14.9. The smallest absolute Gasteiger partial charge is 0.317 e. The minimum absolute atomic E-state index is 0.0971. The normalized spacial score (nSPS) is 28.8. The minimum atomic E-state index is -0.545. The topological polar surface area (TPSA) is 61.4 Å². The van der Waals surface area contributed by atoms with Crippen molar-refractivity contribution in [2.75, 3.05) is 13.6 Å². The number of benzene rings is 1. The molecule has 4 rings (SSSR count). The van der Waals surface area contributed by atoms with Gasteiger partial charge in [0.2, 0.25) is 5.91 Å². The van der Waals surface area contributed by atoms with Crippen LogP contribution < -0.4 is 10.6 Å². The van der Waals surface area contributed by atoms with Gasteiger partial charge in [0.15, 0.2) is 0 Å². The first-order valence-electron chi connectivity index (χ1n) is 10.6. The van der Waals surface area contributed by atoms with E-state index in [-0.39, 0.29) is 44.4 Å². The first-order chi connectivity index (χ1) is 14.1. The fourth-order valence-corrected chi connectivity index (χ4v) is 6.06. The highest BCUT2D eigenvalue weighted by Gasteiger charge is 2.49. The summed E-state index contributed by atoms with van der Waals surface area (Å²) in [6.45, 7) is 2.69. The Labute approximate surface area is 186 Å².